The number of benzene rings is 1. The van der Waals surface area contributed by atoms with Crippen molar-refractivity contribution in [3.8, 4) is 0 Å². The van der Waals surface area contributed by atoms with Crippen LogP contribution in [-0.2, 0) is 14.8 Å². The third kappa shape index (κ3) is 5.66. The molecule has 1 amide bonds. The highest BCUT2D eigenvalue weighted by molar-refractivity contribution is 7.93. The molecule has 0 aliphatic heterocycles. The number of halogens is 1. The number of sulfonamides is 1. The number of hydrogen-bond acceptors (Lipinski definition) is 8. The van der Waals surface area contributed by atoms with E-state index in [2.05, 4.69) is 15.3 Å². The topological polar surface area (TPSA) is 101 Å². The molecule has 0 fully saturated rings. The summed E-state index contributed by atoms with van der Waals surface area (Å²) in [6.07, 6.45) is -1.08. The van der Waals surface area contributed by atoms with Crippen molar-refractivity contribution in [2.24, 2.45) is 0 Å². The summed E-state index contributed by atoms with van der Waals surface area (Å²) in [6.45, 7) is 8.31. The molecule has 3 aromatic rings. The van der Waals surface area contributed by atoms with Gasteiger partial charge in [-0.1, -0.05) is 18.2 Å². The van der Waals surface area contributed by atoms with Crippen LogP contribution in [0.5, 0.6) is 0 Å². The summed E-state index contributed by atoms with van der Waals surface area (Å²) in [5.41, 5.74) is 1.86. The first-order valence-corrected chi connectivity index (χ1v) is 12.4. The van der Waals surface area contributed by atoms with Crippen molar-refractivity contribution in [3.63, 3.8) is 0 Å². The van der Waals surface area contributed by atoms with E-state index in [9.17, 15) is 17.6 Å². The molecule has 0 aliphatic rings. The van der Waals surface area contributed by atoms with E-state index >= 15 is 0 Å². The second kappa shape index (κ2) is 9.44. The maximum absolute atomic E-state index is 14.1. The lowest BCUT2D eigenvalue weighted by atomic mass is 10.1. The van der Waals surface area contributed by atoms with Crippen molar-refractivity contribution in [1.82, 2.24) is 9.97 Å². The molecule has 0 spiro atoms. The zero-order valence-corrected chi connectivity index (χ0v) is 20.5. The minimum Gasteiger partial charge on any atom is -0.443 e. The molecule has 0 bridgehead atoms. The van der Waals surface area contributed by atoms with Gasteiger partial charge >= 0.3 is 6.09 Å². The van der Waals surface area contributed by atoms with E-state index in [0.717, 1.165) is 11.3 Å². The van der Waals surface area contributed by atoms with Crippen LogP contribution in [0.4, 0.5) is 20.7 Å². The Kier molecular flexibility index (Phi) is 7.03. The average Bonchev–Trinajstić information content (AvgIpc) is 3.22. The van der Waals surface area contributed by atoms with Gasteiger partial charge in [0.2, 0.25) is 0 Å². The fourth-order valence-electron chi connectivity index (χ4n) is 2.99. The van der Waals surface area contributed by atoms with E-state index in [-0.39, 0.29) is 22.7 Å². The second-order valence-corrected chi connectivity index (χ2v) is 10.7. The minimum atomic E-state index is -4.42. The standard InChI is InChI=1S/C22H25FN4O4S2/c1-14(16-8-6-7-9-17(16)23)25-18-10-11-20(26-15(18)2)33(29,30)27(19-12-32-13-24-19)21(28)31-22(3,4)5/h6-14,25H,1-5H3/t14-/m0/s1. The molecule has 1 aromatic carbocycles. The van der Waals surface area contributed by atoms with Gasteiger partial charge in [0.1, 0.15) is 11.4 Å². The Morgan fingerprint density at radius 1 is 1.21 bits per heavy atom. The van der Waals surface area contributed by atoms with Gasteiger partial charge in [-0.05, 0) is 52.8 Å². The van der Waals surface area contributed by atoms with Crippen LogP contribution in [0.25, 0.3) is 0 Å². The van der Waals surface area contributed by atoms with Gasteiger partial charge in [0, 0.05) is 10.9 Å². The third-order valence-electron chi connectivity index (χ3n) is 4.50. The molecule has 33 heavy (non-hydrogen) atoms. The Bertz CT molecular complexity index is 1240. The Morgan fingerprint density at radius 2 is 1.91 bits per heavy atom. The summed E-state index contributed by atoms with van der Waals surface area (Å²) in [4.78, 5) is 21.0. The van der Waals surface area contributed by atoms with E-state index in [1.807, 2.05) is 0 Å². The van der Waals surface area contributed by atoms with Crippen LogP contribution in [0.1, 0.15) is 45.0 Å². The van der Waals surface area contributed by atoms with Crippen LogP contribution >= 0.6 is 11.3 Å². The quantitative estimate of drug-likeness (QED) is 0.499. The fourth-order valence-corrected chi connectivity index (χ4v) is 4.83. The number of aryl methyl sites for hydroxylation is 1. The predicted octanol–water partition coefficient (Wildman–Crippen LogP) is 5.29. The molecule has 1 atom stereocenters. The maximum atomic E-state index is 14.1. The van der Waals surface area contributed by atoms with Gasteiger partial charge in [0.25, 0.3) is 10.0 Å². The minimum absolute atomic E-state index is 0.0796. The van der Waals surface area contributed by atoms with Crippen molar-refractivity contribution in [3.05, 3.63) is 64.4 Å². The molecule has 2 heterocycles. The molecular weight excluding hydrogens is 467 g/mol. The van der Waals surface area contributed by atoms with Crippen molar-refractivity contribution >= 4 is 39.0 Å². The molecule has 1 N–H and O–H groups in total. The van der Waals surface area contributed by atoms with E-state index < -0.39 is 21.7 Å². The highest BCUT2D eigenvalue weighted by Gasteiger charge is 2.37. The highest BCUT2D eigenvalue weighted by Crippen LogP contribution is 2.28. The second-order valence-electron chi connectivity index (χ2n) is 8.27. The molecule has 0 saturated carbocycles. The predicted molar refractivity (Wildman–Crippen MR) is 125 cm³/mol. The van der Waals surface area contributed by atoms with Crippen molar-refractivity contribution < 1.29 is 22.3 Å². The molecular formula is C22H25FN4O4S2. The Hall–Kier alpha value is -3.05. The lowest BCUT2D eigenvalue weighted by Gasteiger charge is -2.25. The first-order valence-electron chi connectivity index (χ1n) is 10.1. The van der Waals surface area contributed by atoms with E-state index in [4.69, 9.17) is 4.74 Å². The molecule has 0 radical (unpaired) electrons. The first kappa shape index (κ1) is 24.6. The SMILES string of the molecule is Cc1nc(S(=O)(=O)N(C(=O)OC(C)(C)C)c2cscn2)ccc1N[C@@H](C)c1ccccc1F. The molecule has 2 aromatic heterocycles. The van der Waals surface area contributed by atoms with Gasteiger partial charge in [-0.2, -0.15) is 8.42 Å². The van der Waals surface area contributed by atoms with Crippen LogP contribution in [-0.4, -0.2) is 30.1 Å². The van der Waals surface area contributed by atoms with Crippen LogP contribution in [0.15, 0.2) is 52.3 Å². The Morgan fingerprint density at radius 3 is 2.48 bits per heavy atom. The lowest BCUT2D eigenvalue weighted by Crippen LogP contribution is -2.41. The molecule has 0 aliphatic carbocycles. The normalized spacial score (nSPS) is 12.8. The van der Waals surface area contributed by atoms with Crippen molar-refractivity contribution in [2.75, 3.05) is 9.62 Å². The van der Waals surface area contributed by atoms with Gasteiger partial charge in [0.05, 0.1) is 22.9 Å². The number of anilines is 2. The molecule has 11 heteroatoms. The maximum Gasteiger partial charge on any atom is 0.430 e. The number of aromatic nitrogens is 2. The number of pyridine rings is 1. The van der Waals surface area contributed by atoms with Crippen LogP contribution in [0.3, 0.4) is 0 Å². The third-order valence-corrected chi connectivity index (χ3v) is 6.64. The van der Waals surface area contributed by atoms with Gasteiger partial charge in [-0.15, -0.1) is 15.6 Å². The first-order chi connectivity index (χ1) is 15.4. The van der Waals surface area contributed by atoms with Crippen LogP contribution in [0.2, 0.25) is 0 Å². The van der Waals surface area contributed by atoms with E-state index in [1.54, 1.807) is 52.8 Å². The Balaban J connectivity index is 1.93. The largest absolute Gasteiger partial charge is 0.443 e. The Labute approximate surface area is 196 Å². The monoisotopic (exact) mass is 492 g/mol. The van der Waals surface area contributed by atoms with E-state index in [1.165, 1.54) is 29.1 Å². The number of rotatable bonds is 6. The summed E-state index contributed by atoms with van der Waals surface area (Å²) < 4.78 is 46.6. The number of carbonyl (C=O) groups is 1. The van der Waals surface area contributed by atoms with Gasteiger partial charge in [0.15, 0.2) is 10.8 Å². The smallest absolute Gasteiger partial charge is 0.430 e. The average molecular weight is 493 g/mol. The number of thiazole rings is 1. The lowest BCUT2D eigenvalue weighted by molar-refractivity contribution is 0.0608. The van der Waals surface area contributed by atoms with E-state index in [0.29, 0.717) is 21.2 Å². The summed E-state index contributed by atoms with van der Waals surface area (Å²) in [5.74, 6) is -0.428. The van der Waals surface area contributed by atoms with Gasteiger partial charge in [-0.3, -0.25) is 0 Å². The summed E-state index contributed by atoms with van der Waals surface area (Å²) in [7, 11) is -4.42. The molecule has 0 unspecified atom stereocenters. The number of nitrogens with one attached hydrogen (secondary N) is 1. The van der Waals surface area contributed by atoms with Gasteiger partial charge < -0.3 is 10.1 Å². The molecule has 0 saturated heterocycles. The zero-order chi connectivity index (χ0) is 24.4. The van der Waals surface area contributed by atoms with Crippen molar-refractivity contribution in [2.45, 2.75) is 51.3 Å². The van der Waals surface area contributed by atoms with Crippen LogP contribution in [0, 0.1) is 12.7 Å². The number of nitrogens with zero attached hydrogens (tertiary/aromatic N) is 3. The summed E-state index contributed by atoms with van der Waals surface area (Å²) in [6, 6.07) is 8.81. The number of carbonyl (C=O) groups excluding carboxylic acids is 1. The van der Waals surface area contributed by atoms with Crippen LogP contribution < -0.4 is 9.62 Å². The summed E-state index contributed by atoms with van der Waals surface area (Å²) in [5, 5.41) is 4.23. The fraction of sp³-hybridized carbons (Fsp3) is 0.318. The highest BCUT2D eigenvalue weighted by atomic mass is 32.2. The number of hydrogen-bond donors (Lipinski definition) is 1. The van der Waals surface area contributed by atoms with Crippen molar-refractivity contribution in [1.29, 1.82) is 0 Å². The number of ether oxygens (including phenoxy) is 1. The zero-order valence-electron chi connectivity index (χ0n) is 18.9. The molecule has 176 valence electrons. The molecule has 3 rings (SSSR count). The summed E-state index contributed by atoms with van der Waals surface area (Å²) >= 11 is 1.14. The van der Waals surface area contributed by atoms with Gasteiger partial charge in [-0.25, -0.2) is 19.2 Å². The molecule has 8 nitrogen and oxygen atoms in total. The number of amides is 1.